The van der Waals surface area contributed by atoms with Crippen molar-refractivity contribution in [2.75, 3.05) is 0 Å². The summed E-state index contributed by atoms with van der Waals surface area (Å²) in [5, 5.41) is 5.00. The van der Waals surface area contributed by atoms with Crippen LogP contribution in [0.4, 0.5) is 0 Å². The van der Waals surface area contributed by atoms with Crippen LogP contribution in [0.1, 0.15) is 11.1 Å². The molecule has 7 aromatic carbocycles. The lowest BCUT2D eigenvalue weighted by molar-refractivity contribution is 1.15. The molecule has 4 heteroatoms. The van der Waals surface area contributed by atoms with E-state index < -0.39 is 0 Å². The zero-order chi connectivity index (χ0) is 38.7. The quantitative estimate of drug-likeness (QED) is 0.170. The van der Waals surface area contributed by atoms with Crippen molar-refractivity contribution < 1.29 is 0 Å². The van der Waals surface area contributed by atoms with Crippen LogP contribution in [0, 0.1) is 13.8 Å². The van der Waals surface area contributed by atoms with Crippen molar-refractivity contribution in [1.29, 1.82) is 0 Å². The summed E-state index contributed by atoms with van der Waals surface area (Å²) in [4.78, 5) is 9.73. The molecule has 0 aliphatic heterocycles. The Morgan fingerprint density at radius 3 is 1.57 bits per heavy atom. The topological polar surface area (TPSA) is 35.6 Å². The Balaban J connectivity index is 0.984. The summed E-state index contributed by atoms with van der Waals surface area (Å²) in [6.07, 6.45) is 5.86. The van der Waals surface area contributed by atoms with E-state index in [1.54, 1.807) is 0 Å². The van der Waals surface area contributed by atoms with Gasteiger partial charge in [-0.1, -0.05) is 115 Å². The number of benzene rings is 7. The zero-order valence-electron chi connectivity index (χ0n) is 32.3. The first-order valence-corrected chi connectivity index (χ1v) is 19.8. The Morgan fingerprint density at radius 2 is 0.897 bits per heavy atom. The average Bonchev–Trinajstić information content (AvgIpc) is 3.79. The molecule has 4 nitrogen and oxygen atoms in total. The van der Waals surface area contributed by atoms with Crippen LogP contribution in [0.5, 0.6) is 0 Å². The van der Waals surface area contributed by atoms with Gasteiger partial charge in [0.05, 0.1) is 27.8 Å². The molecule has 4 aromatic heterocycles. The maximum Gasteiger partial charge on any atom is 0.0711 e. The van der Waals surface area contributed by atoms with Gasteiger partial charge in [-0.3, -0.25) is 9.97 Å². The van der Waals surface area contributed by atoms with E-state index in [9.17, 15) is 0 Å². The molecule has 11 rings (SSSR count). The van der Waals surface area contributed by atoms with Gasteiger partial charge in [-0.2, -0.15) is 0 Å². The molecule has 0 N–H and O–H groups in total. The largest absolute Gasteiger partial charge is 0.309 e. The average molecular weight is 743 g/mol. The molecule has 4 heterocycles. The molecule has 0 saturated heterocycles. The van der Waals surface area contributed by atoms with Gasteiger partial charge in [0.2, 0.25) is 0 Å². The van der Waals surface area contributed by atoms with Crippen LogP contribution in [0.25, 0.3) is 99.6 Å². The predicted octanol–water partition coefficient (Wildman–Crippen LogP) is 14.0. The van der Waals surface area contributed by atoms with Gasteiger partial charge in [0.25, 0.3) is 0 Å². The van der Waals surface area contributed by atoms with E-state index in [2.05, 4.69) is 199 Å². The van der Waals surface area contributed by atoms with Crippen LogP contribution in [0.2, 0.25) is 0 Å². The molecule has 0 aliphatic carbocycles. The number of nitrogens with zero attached hydrogens (tertiary/aromatic N) is 4. The van der Waals surface area contributed by atoms with E-state index in [0.717, 1.165) is 39.2 Å². The van der Waals surface area contributed by atoms with E-state index in [1.165, 1.54) is 71.6 Å². The first-order chi connectivity index (χ1) is 28.6. The second-order valence-electron chi connectivity index (χ2n) is 15.1. The number of aromatic nitrogens is 4. The van der Waals surface area contributed by atoms with Crippen molar-refractivity contribution in [2.45, 2.75) is 13.8 Å². The summed E-state index contributed by atoms with van der Waals surface area (Å²) < 4.78 is 4.80. The SMILES string of the molecule is Cc1c(-c2cncc(-c3ccnc(-c4cccc(-n5c6ccccc6c6cc(-c7ccccc7)ccc65)c4C)c3)c2)cccc1-n1c2ccccc2c2ccccc21. The summed E-state index contributed by atoms with van der Waals surface area (Å²) in [6.45, 7) is 4.44. The summed E-state index contributed by atoms with van der Waals surface area (Å²) >= 11 is 0. The minimum atomic E-state index is 0.930. The predicted molar refractivity (Wildman–Crippen MR) is 242 cm³/mol. The fourth-order valence-electron chi connectivity index (χ4n) is 9.05. The number of pyridine rings is 2. The first kappa shape index (κ1) is 33.8. The Kier molecular flexibility index (Phi) is 7.90. The van der Waals surface area contributed by atoms with Gasteiger partial charge in [-0.05, 0) is 108 Å². The minimum absolute atomic E-state index is 0.930. The van der Waals surface area contributed by atoms with Crippen LogP contribution in [-0.2, 0) is 0 Å². The van der Waals surface area contributed by atoms with Gasteiger partial charge >= 0.3 is 0 Å². The monoisotopic (exact) mass is 742 g/mol. The smallest absolute Gasteiger partial charge is 0.0711 e. The molecule has 11 aromatic rings. The van der Waals surface area contributed by atoms with Crippen LogP contribution in [0.15, 0.2) is 195 Å². The van der Waals surface area contributed by atoms with Crippen LogP contribution < -0.4 is 0 Å². The summed E-state index contributed by atoms with van der Waals surface area (Å²) in [5.41, 5.74) is 18.3. The van der Waals surface area contributed by atoms with Crippen molar-refractivity contribution in [3.63, 3.8) is 0 Å². The second kappa shape index (κ2) is 13.6. The maximum absolute atomic E-state index is 4.94. The number of rotatable bonds is 6. The molecule has 0 fully saturated rings. The summed E-state index contributed by atoms with van der Waals surface area (Å²) in [7, 11) is 0. The molecular formula is C54H38N4. The lowest BCUT2D eigenvalue weighted by Crippen LogP contribution is -1.99. The molecule has 0 amide bonds. The molecule has 0 spiro atoms. The molecule has 0 radical (unpaired) electrons. The molecule has 0 unspecified atom stereocenters. The molecule has 0 saturated carbocycles. The van der Waals surface area contributed by atoms with Crippen molar-refractivity contribution in [3.8, 4) is 56.0 Å². The van der Waals surface area contributed by atoms with Crippen molar-refractivity contribution >= 4 is 43.6 Å². The van der Waals surface area contributed by atoms with E-state index in [4.69, 9.17) is 9.97 Å². The van der Waals surface area contributed by atoms with Crippen LogP contribution >= 0.6 is 0 Å². The lowest BCUT2D eigenvalue weighted by Gasteiger charge is -2.16. The van der Waals surface area contributed by atoms with Gasteiger partial charge < -0.3 is 9.13 Å². The third-order valence-electron chi connectivity index (χ3n) is 11.9. The van der Waals surface area contributed by atoms with Crippen LogP contribution in [-0.4, -0.2) is 19.1 Å². The highest BCUT2D eigenvalue weighted by atomic mass is 15.0. The Labute approximate surface area is 337 Å². The maximum atomic E-state index is 4.94. The molecule has 58 heavy (non-hydrogen) atoms. The lowest BCUT2D eigenvalue weighted by atomic mass is 9.96. The number of hydrogen-bond acceptors (Lipinski definition) is 2. The van der Waals surface area contributed by atoms with Gasteiger partial charge in [0, 0.05) is 68.2 Å². The third-order valence-corrected chi connectivity index (χ3v) is 11.9. The molecule has 0 bridgehead atoms. The molecule has 0 aliphatic rings. The van der Waals surface area contributed by atoms with E-state index in [-0.39, 0.29) is 0 Å². The first-order valence-electron chi connectivity index (χ1n) is 19.8. The van der Waals surface area contributed by atoms with Crippen molar-refractivity contribution in [1.82, 2.24) is 19.1 Å². The molecule has 274 valence electrons. The van der Waals surface area contributed by atoms with E-state index >= 15 is 0 Å². The fraction of sp³-hybridized carbons (Fsp3) is 0.0370. The minimum Gasteiger partial charge on any atom is -0.309 e. The summed E-state index contributed by atoms with van der Waals surface area (Å²) in [5.74, 6) is 0. The van der Waals surface area contributed by atoms with Gasteiger partial charge in [-0.15, -0.1) is 0 Å². The fourth-order valence-corrected chi connectivity index (χ4v) is 9.05. The van der Waals surface area contributed by atoms with E-state index in [0.29, 0.717) is 0 Å². The van der Waals surface area contributed by atoms with E-state index in [1.807, 2.05) is 18.6 Å². The standard InChI is InChI=1S/C54H38N4/c1-35-42(19-12-24-49(35)57-51-21-9-6-16-44(51)45-17-7-10-22-52(45)57)41-30-40(33-55-34-41)39-28-29-56-48(32-39)43-20-13-25-50(36(43)2)58-53-23-11-8-18-46(53)47-31-38(26-27-54(47)58)37-14-4-3-5-15-37/h3-34H,1-2H3. The zero-order valence-corrected chi connectivity index (χ0v) is 32.3. The van der Waals surface area contributed by atoms with Crippen molar-refractivity contribution in [2.24, 2.45) is 0 Å². The number of para-hydroxylation sites is 3. The van der Waals surface area contributed by atoms with Crippen molar-refractivity contribution in [3.05, 3.63) is 206 Å². The Bertz CT molecular complexity index is 3320. The second-order valence-corrected chi connectivity index (χ2v) is 15.1. The molecule has 0 atom stereocenters. The Morgan fingerprint density at radius 1 is 0.362 bits per heavy atom. The molecular weight excluding hydrogens is 705 g/mol. The highest BCUT2D eigenvalue weighted by Gasteiger charge is 2.18. The highest BCUT2D eigenvalue weighted by Crippen LogP contribution is 2.39. The van der Waals surface area contributed by atoms with Crippen LogP contribution in [0.3, 0.4) is 0 Å². The highest BCUT2D eigenvalue weighted by molar-refractivity contribution is 6.11. The van der Waals surface area contributed by atoms with Gasteiger partial charge in [-0.25, -0.2) is 0 Å². The third kappa shape index (κ3) is 5.37. The van der Waals surface area contributed by atoms with Gasteiger partial charge in [0.1, 0.15) is 0 Å². The Hall–Kier alpha value is -7.56. The normalized spacial score (nSPS) is 11.6. The van der Waals surface area contributed by atoms with Gasteiger partial charge in [0.15, 0.2) is 0 Å². The number of hydrogen-bond donors (Lipinski definition) is 0. The summed E-state index contributed by atoms with van der Waals surface area (Å²) in [6, 6.07) is 63.2. The number of fused-ring (bicyclic) bond motifs is 6.